The minimum absolute atomic E-state index is 0.0851. The van der Waals surface area contributed by atoms with E-state index >= 15 is 0 Å². The van der Waals surface area contributed by atoms with Crippen LogP contribution in [0.25, 0.3) is 16.7 Å². The molecule has 1 heterocycles. The molecular formula is C70H81BN2. The first kappa shape index (κ1) is 48.4. The Balaban J connectivity index is 1.05. The smallest absolute Gasteiger partial charge is 0.166 e. The van der Waals surface area contributed by atoms with Gasteiger partial charge in [-0.15, -0.1) is 0 Å². The highest BCUT2D eigenvalue weighted by Crippen LogP contribution is 2.54. The third kappa shape index (κ3) is 7.78. The molecular weight excluding hydrogens is 880 g/mol. The molecule has 6 aromatic rings. The number of allylic oxidation sites excluding steroid dienone is 4. The lowest BCUT2D eigenvalue weighted by atomic mass is 9.61. The number of hydrogen-bond acceptors (Lipinski definition) is 2. The van der Waals surface area contributed by atoms with Gasteiger partial charge in [0.2, 0.25) is 0 Å². The van der Waals surface area contributed by atoms with Crippen molar-refractivity contribution in [3.63, 3.8) is 0 Å². The Morgan fingerprint density at radius 2 is 1.04 bits per heavy atom. The summed E-state index contributed by atoms with van der Waals surface area (Å²) < 4.78 is 0. The van der Waals surface area contributed by atoms with Crippen molar-refractivity contribution in [2.45, 2.75) is 193 Å². The number of benzene rings is 6. The van der Waals surface area contributed by atoms with E-state index in [1.165, 1.54) is 156 Å². The molecule has 0 amide bonds. The lowest BCUT2D eigenvalue weighted by Gasteiger charge is -2.43. The minimum Gasteiger partial charge on any atom is -0.355 e. The average Bonchev–Trinajstić information content (AvgIpc) is 3.80. The second kappa shape index (κ2) is 16.2. The highest BCUT2D eigenvalue weighted by atomic mass is 15.2. The van der Waals surface area contributed by atoms with Gasteiger partial charge in [-0.1, -0.05) is 175 Å². The van der Waals surface area contributed by atoms with Crippen LogP contribution < -0.4 is 15.7 Å². The predicted molar refractivity (Wildman–Crippen MR) is 315 cm³/mol. The highest BCUT2D eigenvalue weighted by Gasteiger charge is 2.43. The van der Waals surface area contributed by atoms with E-state index in [0.29, 0.717) is 0 Å². The quantitative estimate of drug-likeness (QED) is 0.167. The molecule has 0 saturated heterocycles. The number of fused-ring (bicyclic) bond motifs is 8. The Labute approximate surface area is 440 Å². The van der Waals surface area contributed by atoms with E-state index in [9.17, 15) is 0 Å². The summed E-state index contributed by atoms with van der Waals surface area (Å²) in [7, 11) is 1.02. The van der Waals surface area contributed by atoms with Crippen molar-refractivity contribution in [2.75, 3.05) is 10.2 Å². The summed E-state index contributed by atoms with van der Waals surface area (Å²) in [5.41, 5.74) is 30.4. The monoisotopic (exact) mass is 961 g/mol. The summed E-state index contributed by atoms with van der Waals surface area (Å²) in [4.78, 5) is 2.71. The normalized spacial score (nSPS) is 22.0. The van der Waals surface area contributed by atoms with Crippen LogP contribution in [0.1, 0.15) is 197 Å². The molecule has 3 heteroatoms. The standard InChI is InChI=1S/C70H81BN2/c1-64(2)27-29-67(7,8)58-37-46(23-25-54(58)64)72-62-41-60-57(66(5,6)31-32-69(60,11)12)35-45(62)34-52-50-21-17-18-22-53(50)70(13,14)56(52)39-48-42-71-61-40-51-44(33-43-19-15-16-20-49(43)51)36-63(61)73(48)47-24-26-55-59(38-47)68(9,10)30-28-65(55,3)4/h15-26,35-41,71-72H,27-34,42H2,1-14H3/b48-39+. The van der Waals surface area contributed by atoms with Crippen molar-refractivity contribution in [1.82, 2.24) is 0 Å². The zero-order chi connectivity index (χ0) is 51.4. The number of rotatable bonds is 6. The maximum absolute atomic E-state index is 4.18. The van der Waals surface area contributed by atoms with Crippen LogP contribution in [0.2, 0.25) is 6.32 Å². The molecule has 12 rings (SSSR count). The van der Waals surface area contributed by atoms with Crippen molar-refractivity contribution in [3.8, 4) is 11.1 Å². The molecule has 1 N–H and O–H groups in total. The zero-order valence-electron chi connectivity index (χ0n) is 47.0. The second-order valence-corrected chi connectivity index (χ2v) is 28.2. The van der Waals surface area contributed by atoms with E-state index in [1.54, 1.807) is 0 Å². The fraction of sp³-hybridized carbons (Fsp3) is 0.429. The molecule has 0 spiro atoms. The molecule has 1 aliphatic heterocycles. The van der Waals surface area contributed by atoms with Crippen LogP contribution in [0.5, 0.6) is 0 Å². The average molecular weight is 961 g/mol. The van der Waals surface area contributed by atoms with Crippen molar-refractivity contribution in [1.29, 1.82) is 0 Å². The van der Waals surface area contributed by atoms with Crippen molar-refractivity contribution in [2.24, 2.45) is 0 Å². The predicted octanol–water partition coefficient (Wildman–Crippen LogP) is 17.6. The Morgan fingerprint density at radius 1 is 0.493 bits per heavy atom. The van der Waals surface area contributed by atoms with Gasteiger partial charge in [0.05, 0.1) is 0 Å². The van der Waals surface area contributed by atoms with Gasteiger partial charge in [-0.05, 0) is 210 Å². The van der Waals surface area contributed by atoms with Crippen LogP contribution in [0.3, 0.4) is 0 Å². The molecule has 0 atom stereocenters. The summed E-state index contributed by atoms with van der Waals surface area (Å²) in [6, 6.07) is 43.7. The van der Waals surface area contributed by atoms with E-state index in [4.69, 9.17) is 0 Å². The first-order chi connectivity index (χ1) is 34.3. The zero-order valence-corrected chi connectivity index (χ0v) is 47.0. The first-order valence-corrected chi connectivity index (χ1v) is 28.2. The van der Waals surface area contributed by atoms with Crippen LogP contribution in [-0.4, -0.2) is 7.28 Å². The van der Waals surface area contributed by atoms with Gasteiger partial charge in [-0.25, -0.2) is 0 Å². The van der Waals surface area contributed by atoms with Crippen LogP contribution >= 0.6 is 0 Å². The van der Waals surface area contributed by atoms with Crippen LogP contribution in [-0.2, 0) is 50.7 Å². The third-order valence-electron chi connectivity index (χ3n) is 20.1. The first-order valence-electron chi connectivity index (χ1n) is 28.2. The van der Waals surface area contributed by atoms with Gasteiger partial charge in [0.1, 0.15) is 0 Å². The van der Waals surface area contributed by atoms with Crippen LogP contribution in [0, 0.1) is 0 Å². The molecule has 0 saturated carbocycles. The Kier molecular flexibility index (Phi) is 10.8. The molecule has 73 heavy (non-hydrogen) atoms. The Morgan fingerprint density at radius 3 is 1.70 bits per heavy atom. The van der Waals surface area contributed by atoms with Gasteiger partial charge in [-0.2, -0.15) is 0 Å². The van der Waals surface area contributed by atoms with E-state index < -0.39 is 0 Å². The summed E-state index contributed by atoms with van der Waals surface area (Å²) in [6.45, 7) is 34.5. The Hall–Kier alpha value is -5.54. The van der Waals surface area contributed by atoms with E-state index in [0.717, 1.165) is 26.4 Å². The van der Waals surface area contributed by atoms with Gasteiger partial charge in [0.25, 0.3) is 0 Å². The van der Waals surface area contributed by atoms with E-state index in [2.05, 4.69) is 222 Å². The molecule has 0 unspecified atom stereocenters. The molecule has 374 valence electrons. The maximum Gasteiger partial charge on any atom is 0.166 e. The molecule has 0 bridgehead atoms. The fourth-order valence-electron chi connectivity index (χ4n) is 14.8. The van der Waals surface area contributed by atoms with Crippen molar-refractivity contribution < 1.29 is 0 Å². The SMILES string of the molecule is CC1(C)CCC(C)(C)c2cc(Nc3cc4c(cc3CC3=C(/C=C5\CBc6cc7c(cc6N5c5ccc6c(c5)C(C)(C)CCC6(C)C)Cc5ccccc5-7)C(C)(C)c5ccccc53)C(C)(C)CCC4(C)C)ccc21. The number of nitrogens with zero attached hydrogens (tertiary/aromatic N) is 1. The van der Waals surface area contributed by atoms with E-state index in [1.807, 2.05) is 0 Å². The van der Waals surface area contributed by atoms with Crippen LogP contribution in [0.15, 0.2) is 127 Å². The number of hydrogen-bond donors (Lipinski definition) is 1. The maximum atomic E-state index is 4.18. The number of anilines is 4. The molecule has 0 radical (unpaired) electrons. The van der Waals surface area contributed by atoms with Crippen LogP contribution in [0.4, 0.5) is 22.7 Å². The van der Waals surface area contributed by atoms with Crippen molar-refractivity contribution >= 4 is 41.1 Å². The highest BCUT2D eigenvalue weighted by molar-refractivity contribution is 6.57. The second-order valence-electron chi connectivity index (χ2n) is 28.2. The third-order valence-corrected chi connectivity index (χ3v) is 20.1. The van der Waals surface area contributed by atoms with Gasteiger partial charge in [-0.3, -0.25) is 0 Å². The number of nitrogens with one attached hydrogen (secondary N) is 1. The largest absolute Gasteiger partial charge is 0.355 e. The molecule has 5 aliphatic carbocycles. The molecule has 0 aromatic heterocycles. The summed E-state index contributed by atoms with van der Waals surface area (Å²) in [5, 5.41) is 4.18. The van der Waals surface area contributed by atoms with E-state index in [-0.39, 0.29) is 37.9 Å². The van der Waals surface area contributed by atoms with Gasteiger partial charge >= 0.3 is 0 Å². The fourth-order valence-corrected chi connectivity index (χ4v) is 14.8. The molecule has 6 aromatic carbocycles. The lowest BCUT2D eigenvalue weighted by Crippen LogP contribution is -2.36. The van der Waals surface area contributed by atoms with Gasteiger partial charge < -0.3 is 10.2 Å². The molecule has 6 aliphatic rings. The van der Waals surface area contributed by atoms with Gasteiger partial charge in [0, 0.05) is 40.3 Å². The minimum atomic E-state index is -0.202. The summed E-state index contributed by atoms with van der Waals surface area (Å²) in [6.07, 6.45) is 12.7. The summed E-state index contributed by atoms with van der Waals surface area (Å²) >= 11 is 0. The topological polar surface area (TPSA) is 15.3 Å². The Bertz CT molecular complexity index is 3360. The van der Waals surface area contributed by atoms with Gasteiger partial charge in [0.15, 0.2) is 7.28 Å². The van der Waals surface area contributed by atoms with Crippen molar-refractivity contribution in [3.05, 3.63) is 188 Å². The lowest BCUT2D eigenvalue weighted by molar-refractivity contribution is 0.331. The summed E-state index contributed by atoms with van der Waals surface area (Å²) in [5.74, 6) is 0. The molecule has 0 fully saturated rings. The molecule has 2 nitrogen and oxygen atoms in total.